The third kappa shape index (κ3) is 5.52. The molecule has 0 aliphatic carbocycles. The molecule has 1 heterocycles. The Hall–Kier alpha value is -3.59. The molecule has 0 aromatic heterocycles. The lowest BCUT2D eigenvalue weighted by Crippen LogP contribution is -2.28. The highest BCUT2D eigenvalue weighted by atomic mass is 32.2. The normalized spacial score (nSPS) is 16.1. The maximum atomic E-state index is 12.8. The van der Waals surface area contributed by atoms with Crippen LogP contribution in [0.3, 0.4) is 0 Å². The molecule has 1 amide bonds. The van der Waals surface area contributed by atoms with Gasteiger partial charge in [0.2, 0.25) is 0 Å². The van der Waals surface area contributed by atoms with Crippen LogP contribution in [0.15, 0.2) is 58.4 Å². The maximum Gasteiger partial charge on any atom is 0.343 e. The molecule has 1 aliphatic heterocycles. The Labute approximate surface area is 183 Å². The molecule has 0 radical (unpaired) electrons. The quantitative estimate of drug-likeness (QED) is 0.518. The van der Waals surface area contributed by atoms with Crippen molar-refractivity contribution in [1.29, 1.82) is 0 Å². The predicted molar refractivity (Wildman–Crippen MR) is 117 cm³/mol. The molecule has 1 aliphatic rings. The second-order valence-electron chi connectivity index (χ2n) is 6.34. The molecule has 2 aromatic carbocycles. The molecule has 0 spiro atoms. The van der Waals surface area contributed by atoms with E-state index in [9.17, 15) is 14.4 Å². The lowest BCUT2D eigenvalue weighted by Gasteiger charge is -2.12. The number of hydrogen-bond donors (Lipinski definition) is 1. The van der Waals surface area contributed by atoms with Gasteiger partial charge in [0.15, 0.2) is 11.8 Å². The molecular weight excluding hydrogens is 420 g/mol. The molecule has 0 bridgehead atoms. The molecule has 1 N–H and O–H groups in total. The van der Waals surface area contributed by atoms with Gasteiger partial charge in [0.25, 0.3) is 5.91 Å². The van der Waals surface area contributed by atoms with Gasteiger partial charge < -0.3 is 14.6 Å². The SMILES string of the molecule is CCN1C(=O)/C(=C\c2cccc(OCC(=O)OC)c2)SC1=Nc1ccc(C(=O)O)cc1. The van der Waals surface area contributed by atoms with Crippen LogP contribution in [0.1, 0.15) is 22.8 Å². The van der Waals surface area contributed by atoms with E-state index in [0.29, 0.717) is 28.1 Å². The van der Waals surface area contributed by atoms with Gasteiger partial charge in [-0.15, -0.1) is 0 Å². The Morgan fingerprint density at radius 3 is 2.58 bits per heavy atom. The molecule has 2 aromatic rings. The van der Waals surface area contributed by atoms with Crippen molar-refractivity contribution in [3.8, 4) is 5.75 Å². The number of carboxylic acids is 1. The van der Waals surface area contributed by atoms with Crippen molar-refractivity contribution < 1.29 is 29.0 Å². The lowest BCUT2D eigenvalue weighted by molar-refractivity contribution is -0.142. The van der Waals surface area contributed by atoms with Gasteiger partial charge in [0, 0.05) is 6.54 Å². The highest BCUT2D eigenvalue weighted by Crippen LogP contribution is 2.34. The first-order valence-electron chi connectivity index (χ1n) is 9.34. The fourth-order valence-electron chi connectivity index (χ4n) is 2.71. The molecule has 1 fully saturated rings. The summed E-state index contributed by atoms with van der Waals surface area (Å²) in [5.74, 6) is -1.19. The largest absolute Gasteiger partial charge is 0.482 e. The molecular formula is C22H20N2O6S. The first kappa shape index (κ1) is 22.1. The van der Waals surface area contributed by atoms with Crippen molar-refractivity contribution >= 4 is 46.5 Å². The van der Waals surface area contributed by atoms with Crippen molar-refractivity contribution in [2.24, 2.45) is 4.99 Å². The van der Waals surface area contributed by atoms with Crippen molar-refractivity contribution in [2.75, 3.05) is 20.3 Å². The summed E-state index contributed by atoms with van der Waals surface area (Å²) in [4.78, 5) is 41.6. The van der Waals surface area contributed by atoms with Crippen LogP contribution in [-0.4, -0.2) is 53.3 Å². The van der Waals surface area contributed by atoms with Crippen molar-refractivity contribution in [2.45, 2.75) is 6.92 Å². The van der Waals surface area contributed by atoms with Crippen LogP contribution >= 0.6 is 11.8 Å². The zero-order chi connectivity index (χ0) is 22.4. The second kappa shape index (κ2) is 9.94. The van der Waals surface area contributed by atoms with Crippen LogP contribution in [0.2, 0.25) is 0 Å². The first-order chi connectivity index (χ1) is 14.9. The molecule has 0 saturated carbocycles. The number of carboxylic acid groups (broad SMARTS) is 1. The van der Waals surface area contributed by atoms with Crippen LogP contribution in [0.4, 0.5) is 5.69 Å². The van der Waals surface area contributed by atoms with Gasteiger partial charge in [0.1, 0.15) is 5.75 Å². The topological polar surface area (TPSA) is 106 Å². The van der Waals surface area contributed by atoms with Gasteiger partial charge in [-0.1, -0.05) is 12.1 Å². The number of hydrogen-bond acceptors (Lipinski definition) is 7. The third-order valence-electron chi connectivity index (χ3n) is 4.28. The van der Waals surface area contributed by atoms with E-state index < -0.39 is 11.9 Å². The van der Waals surface area contributed by atoms with Gasteiger partial charge in [-0.3, -0.25) is 9.69 Å². The average molecular weight is 440 g/mol. The van der Waals surface area contributed by atoms with E-state index in [1.807, 2.05) is 13.0 Å². The number of carbonyl (C=O) groups is 3. The number of aliphatic imine (C=N–C) groups is 1. The Morgan fingerprint density at radius 1 is 1.19 bits per heavy atom. The average Bonchev–Trinajstić information content (AvgIpc) is 3.06. The molecule has 0 atom stereocenters. The Balaban J connectivity index is 1.81. The number of carbonyl (C=O) groups excluding carboxylic acids is 2. The van der Waals surface area contributed by atoms with E-state index in [4.69, 9.17) is 9.84 Å². The smallest absolute Gasteiger partial charge is 0.343 e. The van der Waals surface area contributed by atoms with E-state index >= 15 is 0 Å². The van der Waals surface area contributed by atoms with Crippen LogP contribution < -0.4 is 4.74 Å². The molecule has 160 valence electrons. The van der Waals surface area contributed by atoms with E-state index in [0.717, 1.165) is 5.56 Å². The fraction of sp³-hybridized carbons (Fsp3) is 0.182. The number of amidine groups is 1. The number of amides is 1. The van der Waals surface area contributed by atoms with E-state index in [2.05, 4.69) is 9.73 Å². The number of nitrogens with zero attached hydrogens (tertiary/aromatic N) is 2. The van der Waals surface area contributed by atoms with Gasteiger partial charge in [-0.25, -0.2) is 14.6 Å². The zero-order valence-electron chi connectivity index (χ0n) is 16.9. The summed E-state index contributed by atoms with van der Waals surface area (Å²) in [7, 11) is 1.29. The maximum absolute atomic E-state index is 12.8. The van der Waals surface area contributed by atoms with Gasteiger partial charge >= 0.3 is 11.9 Å². The van der Waals surface area contributed by atoms with Crippen LogP contribution in [0, 0.1) is 0 Å². The Kier molecular flexibility index (Phi) is 7.09. The summed E-state index contributed by atoms with van der Waals surface area (Å²) in [6.07, 6.45) is 1.73. The predicted octanol–water partition coefficient (Wildman–Crippen LogP) is 3.56. The summed E-state index contributed by atoms with van der Waals surface area (Å²) in [6.45, 7) is 2.09. The van der Waals surface area contributed by atoms with Crippen molar-refractivity contribution in [3.05, 3.63) is 64.6 Å². The first-order valence-corrected chi connectivity index (χ1v) is 10.2. The van der Waals surface area contributed by atoms with Crippen molar-refractivity contribution in [3.63, 3.8) is 0 Å². The van der Waals surface area contributed by atoms with Crippen LogP contribution in [-0.2, 0) is 14.3 Å². The number of thioether (sulfide) groups is 1. The number of benzene rings is 2. The number of esters is 1. The zero-order valence-corrected chi connectivity index (χ0v) is 17.7. The minimum Gasteiger partial charge on any atom is -0.482 e. The van der Waals surface area contributed by atoms with E-state index in [-0.39, 0.29) is 18.1 Å². The fourth-order valence-corrected chi connectivity index (χ4v) is 3.77. The van der Waals surface area contributed by atoms with E-state index in [1.165, 1.54) is 31.0 Å². The number of rotatable bonds is 7. The standard InChI is InChI=1S/C22H20N2O6S/c1-3-24-20(26)18(12-14-5-4-6-17(11-14)30-13-19(25)29-2)31-22(24)23-16-9-7-15(8-10-16)21(27)28/h4-12H,3,13H2,1-2H3,(H,27,28)/b18-12+,23-22?. The Morgan fingerprint density at radius 2 is 1.94 bits per heavy atom. The Bertz CT molecular complexity index is 1060. The van der Waals surface area contributed by atoms with E-state index in [1.54, 1.807) is 41.3 Å². The molecule has 3 rings (SSSR count). The number of ether oxygens (including phenoxy) is 2. The molecule has 1 saturated heterocycles. The summed E-state index contributed by atoms with van der Waals surface area (Å²) in [6, 6.07) is 13.1. The van der Waals surface area contributed by atoms with Gasteiger partial charge in [-0.2, -0.15) is 0 Å². The minimum absolute atomic E-state index is 0.168. The minimum atomic E-state index is -1.01. The third-order valence-corrected chi connectivity index (χ3v) is 5.29. The second-order valence-corrected chi connectivity index (χ2v) is 7.35. The highest BCUT2D eigenvalue weighted by molar-refractivity contribution is 8.18. The summed E-state index contributed by atoms with van der Waals surface area (Å²) < 4.78 is 9.94. The van der Waals surface area contributed by atoms with Crippen molar-refractivity contribution in [1.82, 2.24) is 4.90 Å². The van der Waals surface area contributed by atoms with Gasteiger partial charge in [0.05, 0.1) is 23.3 Å². The molecule has 0 unspecified atom stereocenters. The molecule has 31 heavy (non-hydrogen) atoms. The van der Waals surface area contributed by atoms with Gasteiger partial charge in [-0.05, 0) is 66.7 Å². The van der Waals surface area contributed by atoms with Crippen LogP contribution in [0.5, 0.6) is 5.75 Å². The molecule has 8 nitrogen and oxygen atoms in total. The summed E-state index contributed by atoms with van der Waals surface area (Å²) >= 11 is 1.24. The number of aromatic carboxylic acids is 1. The lowest BCUT2D eigenvalue weighted by atomic mass is 10.2. The van der Waals surface area contributed by atoms with Crippen LogP contribution in [0.25, 0.3) is 6.08 Å². The highest BCUT2D eigenvalue weighted by Gasteiger charge is 2.32. The summed E-state index contributed by atoms with van der Waals surface area (Å²) in [5.41, 5.74) is 1.46. The number of methoxy groups -OCH3 is 1. The number of likely N-dealkylation sites (N-methyl/N-ethyl adjacent to an activating group) is 1. The summed E-state index contributed by atoms with van der Waals surface area (Å²) in [5, 5.41) is 9.52. The monoisotopic (exact) mass is 440 g/mol. The molecule has 9 heteroatoms.